The highest BCUT2D eigenvalue weighted by atomic mass is 32.1. The third-order valence-electron chi connectivity index (χ3n) is 3.44. The van der Waals surface area contributed by atoms with Crippen molar-refractivity contribution in [3.63, 3.8) is 0 Å². The second kappa shape index (κ2) is 5.31. The Bertz CT molecular complexity index is 555. The minimum Gasteiger partial charge on any atom is -0.485 e. The van der Waals surface area contributed by atoms with Crippen LogP contribution in [0.3, 0.4) is 0 Å². The number of hydrogen-bond acceptors (Lipinski definition) is 3. The summed E-state index contributed by atoms with van der Waals surface area (Å²) in [5.74, 6) is 0.411. The van der Waals surface area contributed by atoms with Crippen LogP contribution in [0, 0.1) is 5.82 Å². The zero-order chi connectivity index (χ0) is 13.2. The molecule has 0 saturated carbocycles. The minimum atomic E-state index is -0.250. The first-order chi connectivity index (χ1) is 9.28. The average molecular weight is 277 g/mol. The monoisotopic (exact) mass is 277 g/mol. The zero-order valence-corrected chi connectivity index (χ0v) is 11.5. The second-order valence-corrected chi connectivity index (χ2v) is 5.47. The molecular weight excluding hydrogens is 261 g/mol. The van der Waals surface area contributed by atoms with Gasteiger partial charge in [-0.05, 0) is 29.4 Å². The molecule has 2 atom stereocenters. The summed E-state index contributed by atoms with van der Waals surface area (Å²) in [6.45, 7) is 2.97. The van der Waals surface area contributed by atoms with Crippen molar-refractivity contribution in [1.82, 2.24) is 5.32 Å². The molecule has 0 amide bonds. The maximum Gasteiger partial charge on any atom is 0.127 e. The van der Waals surface area contributed by atoms with Crippen molar-refractivity contribution in [1.29, 1.82) is 0 Å². The average Bonchev–Trinajstić information content (AvgIpc) is 2.92. The summed E-state index contributed by atoms with van der Waals surface area (Å²) < 4.78 is 19.3. The highest BCUT2D eigenvalue weighted by Crippen LogP contribution is 2.41. The van der Waals surface area contributed by atoms with E-state index in [1.54, 1.807) is 11.3 Å². The van der Waals surface area contributed by atoms with Crippen LogP contribution in [-0.4, -0.2) is 6.54 Å². The van der Waals surface area contributed by atoms with Crippen molar-refractivity contribution in [2.75, 3.05) is 6.54 Å². The number of nitrogens with one attached hydrogen (secondary N) is 1. The number of fused-ring (bicyclic) bond motifs is 1. The van der Waals surface area contributed by atoms with E-state index in [1.165, 1.54) is 17.7 Å². The number of thiophene rings is 1. The van der Waals surface area contributed by atoms with Crippen LogP contribution in [0.2, 0.25) is 0 Å². The van der Waals surface area contributed by atoms with Crippen LogP contribution in [0.25, 0.3) is 0 Å². The van der Waals surface area contributed by atoms with Gasteiger partial charge in [-0.2, -0.15) is 11.3 Å². The molecule has 0 spiro atoms. The summed E-state index contributed by atoms with van der Waals surface area (Å²) >= 11 is 1.66. The number of halogens is 1. The Morgan fingerprint density at radius 2 is 2.32 bits per heavy atom. The van der Waals surface area contributed by atoms with E-state index in [0.717, 1.165) is 18.5 Å². The summed E-state index contributed by atoms with van der Waals surface area (Å²) in [5, 5.41) is 7.59. The van der Waals surface area contributed by atoms with Crippen LogP contribution >= 0.6 is 11.3 Å². The van der Waals surface area contributed by atoms with E-state index >= 15 is 0 Å². The first-order valence-corrected chi connectivity index (χ1v) is 7.43. The molecule has 2 aromatic rings. The normalized spacial score (nSPS) is 21.8. The molecule has 2 heterocycles. The lowest BCUT2D eigenvalue weighted by atomic mass is 9.94. The molecule has 2 unspecified atom stereocenters. The fraction of sp³-hybridized carbons (Fsp3) is 0.333. The summed E-state index contributed by atoms with van der Waals surface area (Å²) in [5.41, 5.74) is 2.22. The van der Waals surface area contributed by atoms with E-state index in [4.69, 9.17) is 4.74 Å². The summed E-state index contributed by atoms with van der Waals surface area (Å²) in [7, 11) is 0. The van der Waals surface area contributed by atoms with Gasteiger partial charge in [-0.25, -0.2) is 4.39 Å². The maximum absolute atomic E-state index is 13.4. The molecule has 2 nitrogen and oxygen atoms in total. The van der Waals surface area contributed by atoms with Gasteiger partial charge in [-0.15, -0.1) is 0 Å². The van der Waals surface area contributed by atoms with Crippen LogP contribution < -0.4 is 10.1 Å². The number of benzene rings is 1. The molecule has 0 bridgehead atoms. The van der Waals surface area contributed by atoms with Gasteiger partial charge in [0.2, 0.25) is 0 Å². The lowest BCUT2D eigenvalue weighted by molar-refractivity contribution is 0.152. The molecule has 100 valence electrons. The molecule has 1 aliphatic heterocycles. The fourth-order valence-electron chi connectivity index (χ4n) is 2.54. The molecule has 0 fully saturated rings. The summed E-state index contributed by atoms with van der Waals surface area (Å²) in [6, 6.07) is 7.10. The Labute approximate surface area is 116 Å². The van der Waals surface area contributed by atoms with Crippen LogP contribution in [0.15, 0.2) is 35.0 Å². The van der Waals surface area contributed by atoms with Crippen LogP contribution in [-0.2, 0) is 0 Å². The Morgan fingerprint density at radius 3 is 3.05 bits per heavy atom. The van der Waals surface area contributed by atoms with Gasteiger partial charge in [-0.1, -0.05) is 13.0 Å². The molecule has 4 heteroatoms. The van der Waals surface area contributed by atoms with Gasteiger partial charge in [0.25, 0.3) is 0 Å². The smallest absolute Gasteiger partial charge is 0.127 e. The van der Waals surface area contributed by atoms with Crippen LogP contribution in [0.1, 0.15) is 36.6 Å². The van der Waals surface area contributed by atoms with Crippen molar-refractivity contribution in [3.8, 4) is 5.75 Å². The Balaban J connectivity index is 1.95. The molecule has 19 heavy (non-hydrogen) atoms. The van der Waals surface area contributed by atoms with E-state index in [0.29, 0.717) is 5.75 Å². The predicted molar refractivity (Wildman–Crippen MR) is 75.1 cm³/mol. The molecule has 1 aromatic heterocycles. The van der Waals surface area contributed by atoms with Gasteiger partial charge >= 0.3 is 0 Å². The van der Waals surface area contributed by atoms with Gasteiger partial charge in [0, 0.05) is 29.7 Å². The van der Waals surface area contributed by atoms with Gasteiger partial charge in [0.15, 0.2) is 0 Å². The van der Waals surface area contributed by atoms with E-state index in [-0.39, 0.29) is 18.0 Å². The highest BCUT2D eigenvalue weighted by Gasteiger charge is 2.29. The molecule has 1 aliphatic rings. The third-order valence-corrected chi connectivity index (χ3v) is 4.14. The van der Waals surface area contributed by atoms with Gasteiger partial charge < -0.3 is 10.1 Å². The third kappa shape index (κ3) is 2.51. The van der Waals surface area contributed by atoms with Gasteiger partial charge in [0.05, 0.1) is 0 Å². The molecule has 1 aromatic carbocycles. The van der Waals surface area contributed by atoms with E-state index in [2.05, 4.69) is 23.7 Å². The Kier molecular flexibility index (Phi) is 3.53. The van der Waals surface area contributed by atoms with Crippen molar-refractivity contribution >= 4 is 11.3 Å². The maximum atomic E-state index is 13.4. The van der Waals surface area contributed by atoms with Gasteiger partial charge in [0.1, 0.15) is 17.7 Å². The molecule has 0 radical (unpaired) electrons. The number of hydrogen-bond donors (Lipinski definition) is 1. The fourth-order valence-corrected chi connectivity index (χ4v) is 3.24. The SMILES string of the molecule is CCNC1CC(c2ccsc2)Oc2cc(F)ccc21. The molecule has 1 N–H and O–H groups in total. The largest absolute Gasteiger partial charge is 0.485 e. The highest BCUT2D eigenvalue weighted by molar-refractivity contribution is 7.07. The summed E-state index contributed by atoms with van der Waals surface area (Å²) in [4.78, 5) is 0. The van der Waals surface area contributed by atoms with Crippen molar-refractivity contribution < 1.29 is 9.13 Å². The topological polar surface area (TPSA) is 21.3 Å². The predicted octanol–water partition coefficient (Wildman–Crippen LogP) is 4.06. The molecule has 3 rings (SSSR count). The van der Waals surface area contributed by atoms with E-state index < -0.39 is 0 Å². The Hall–Kier alpha value is -1.39. The standard InChI is InChI=1S/C15H16FNOS/c1-2-17-13-8-14(10-5-6-19-9-10)18-15-7-11(16)3-4-12(13)15/h3-7,9,13-14,17H,2,8H2,1H3. The van der Waals surface area contributed by atoms with E-state index in [1.807, 2.05) is 11.4 Å². The first-order valence-electron chi connectivity index (χ1n) is 6.49. The molecular formula is C15H16FNOS. The number of rotatable bonds is 3. The second-order valence-electron chi connectivity index (χ2n) is 4.69. The summed E-state index contributed by atoms with van der Waals surface area (Å²) in [6.07, 6.45) is 0.882. The minimum absolute atomic E-state index is 0.00426. The van der Waals surface area contributed by atoms with Crippen molar-refractivity contribution in [2.24, 2.45) is 0 Å². The van der Waals surface area contributed by atoms with Crippen molar-refractivity contribution in [2.45, 2.75) is 25.5 Å². The molecule has 0 saturated heterocycles. The number of ether oxygens (including phenoxy) is 1. The lowest BCUT2D eigenvalue weighted by Crippen LogP contribution is -2.28. The van der Waals surface area contributed by atoms with Crippen molar-refractivity contribution in [3.05, 3.63) is 52.0 Å². The first kappa shape index (κ1) is 12.6. The zero-order valence-electron chi connectivity index (χ0n) is 10.7. The van der Waals surface area contributed by atoms with Crippen LogP contribution in [0.5, 0.6) is 5.75 Å². The molecule has 0 aliphatic carbocycles. The van der Waals surface area contributed by atoms with E-state index in [9.17, 15) is 4.39 Å². The lowest BCUT2D eigenvalue weighted by Gasteiger charge is -2.32. The quantitative estimate of drug-likeness (QED) is 0.913. The Morgan fingerprint density at radius 1 is 1.42 bits per heavy atom. The van der Waals surface area contributed by atoms with Gasteiger partial charge in [-0.3, -0.25) is 0 Å². The van der Waals surface area contributed by atoms with Crippen LogP contribution in [0.4, 0.5) is 4.39 Å².